The number of nitrogens with one attached hydrogen (secondary N) is 1. The van der Waals surface area contributed by atoms with Crippen molar-refractivity contribution >= 4 is 38.6 Å². The van der Waals surface area contributed by atoms with Gasteiger partial charge in [-0.3, -0.25) is 13.9 Å². The first kappa shape index (κ1) is 26.0. The largest absolute Gasteiger partial charge is 0.465 e. The van der Waals surface area contributed by atoms with E-state index < -0.39 is 22.5 Å². The van der Waals surface area contributed by atoms with Gasteiger partial charge in [0.15, 0.2) is 0 Å². The Morgan fingerprint density at radius 3 is 2.27 bits per heavy atom. The Labute approximate surface area is 215 Å². The van der Waals surface area contributed by atoms with Gasteiger partial charge < -0.3 is 14.5 Å². The smallest absolute Gasteiger partial charge is 0.326 e. The van der Waals surface area contributed by atoms with Crippen LogP contribution in [-0.2, 0) is 19.6 Å². The molecule has 0 saturated carbocycles. The Balaban J connectivity index is 2.05. The summed E-state index contributed by atoms with van der Waals surface area (Å²) >= 11 is 0. The number of hydrogen-bond acceptors (Lipinski definition) is 6. The molecule has 0 radical (unpaired) electrons. The van der Waals surface area contributed by atoms with Crippen molar-refractivity contribution < 1.29 is 27.2 Å². The molecule has 37 heavy (non-hydrogen) atoms. The van der Waals surface area contributed by atoms with Gasteiger partial charge >= 0.3 is 5.97 Å². The van der Waals surface area contributed by atoms with Crippen LogP contribution in [0.25, 0.3) is 33.4 Å². The predicted octanol–water partition coefficient (Wildman–Crippen LogP) is 4.76. The number of carbonyl (C=O) groups is 2. The van der Waals surface area contributed by atoms with E-state index >= 15 is 0 Å². The number of hydrogen-bond donors (Lipinski definition) is 1. The number of nitrogens with zero attached hydrogens (tertiary/aromatic N) is 1. The van der Waals surface area contributed by atoms with Crippen molar-refractivity contribution in [3.63, 3.8) is 0 Å². The lowest BCUT2D eigenvalue weighted by molar-refractivity contribution is -0.141. The lowest BCUT2D eigenvalue weighted by atomic mass is 9.98. The first-order valence-electron chi connectivity index (χ1n) is 11.7. The summed E-state index contributed by atoms with van der Waals surface area (Å²) in [5, 5.41) is 3.19. The quantitative estimate of drug-likeness (QED) is 0.336. The number of esters is 1. The Kier molecular flexibility index (Phi) is 7.35. The van der Waals surface area contributed by atoms with E-state index in [-0.39, 0.29) is 18.2 Å². The van der Waals surface area contributed by atoms with Crippen LogP contribution in [0.5, 0.6) is 0 Å². The minimum absolute atomic E-state index is 0.120. The number of anilines is 1. The lowest BCUT2D eigenvalue weighted by Crippen LogP contribution is -2.36. The van der Waals surface area contributed by atoms with Crippen LogP contribution in [0.1, 0.15) is 22.8 Å². The monoisotopic (exact) mass is 520 g/mol. The molecule has 192 valence electrons. The van der Waals surface area contributed by atoms with Gasteiger partial charge in [0, 0.05) is 29.6 Å². The normalized spacial score (nSPS) is 11.4. The summed E-state index contributed by atoms with van der Waals surface area (Å²) in [7, 11) is -2.36. The summed E-state index contributed by atoms with van der Waals surface area (Å²) < 4.78 is 38.0. The molecule has 8 nitrogen and oxygen atoms in total. The minimum Gasteiger partial charge on any atom is -0.465 e. The highest BCUT2D eigenvalue weighted by Crippen LogP contribution is 2.41. The van der Waals surface area contributed by atoms with E-state index in [4.69, 9.17) is 9.15 Å². The van der Waals surface area contributed by atoms with Crippen molar-refractivity contribution in [3.05, 3.63) is 77.9 Å². The van der Waals surface area contributed by atoms with Crippen LogP contribution < -0.4 is 9.62 Å². The summed E-state index contributed by atoms with van der Waals surface area (Å²) in [6.07, 6.45) is 1.03. The summed E-state index contributed by atoms with van der Waals surface area (Å²) in [5.41, 5.74) is 3.86. The zero-order chi connectivity index (χ0) is 26.7. The van der Waals surface area contributed by atoms with Crippen LogP contribution in [0.2, 0.25) is 0 Å². The summed E-state index contributed by atoms with van der Waals surface area (Å²) in [4.78, 5) is 25.4. The SMILES string of the molecule is CCOC(=O)CN(c1cc2oc(-c3ccc(C)cc3)c(C(=O)NC)c2cc1-c1ccccc1)S(C)(=O)=O. The fourth-order valence-corrected chi connectivity index (χ4v) is 5.00. The first-order chi connectivity index (χ1) is 17.6. The van der Waals surface area contributed by atoms with E-state index in [0.717, 1.165) is 16.1 Å². The molecular formula is C28H28N2O6S. The molecule has 0 atom stereocenters. The number of sulfonamides is 1. The van der Waals surface area contributed by atoms with Crippen molar-refractivity contribution in [3.8, 4) is 22.5 Å². The van der Waals surface area contributed by atoms with Crippen molar-refractivity contribution in [2.75, 3.05) is 30.8 Å². The molecule has 1 amide bonds. The number of fused-ring (bicyclic) bond motifs is 1. The standard InChI is InChI=1S/C28H28N2O6S/c1-5-35-25(31)17-30(37(4,33)34)23-16-24-22(15-21(23)19-9-7-6-8-10-19)26(28(32)29-3)27(36-24)20-13-11-18(2)12-14-20/h6-16H,5,17H2,1-4H3,(H,29,32). The van der Waals surface area contributed by atoms with Crippen molar-refractivity contribution in [1.82, 2.24) is 5.32 Å². The summed E-state index contributed by atoms with van der Waals surface area (Å²) in [5.74, 6) is -0.660. The van der Waals surface area contributed by atoms with Gasteiger partial charge in [0.1, 0.15) is 17.9 Å². The third-order valence-corrected chi connectivity index (χ3v) is 7.03. The topological polar surface area (TPSA) is 106 Å². The van der Waals surface area contributed by atoms with Gasteiger partial charge in [-0.25, -0.2) is 8.42 Å². The number of benzene rings is 3. The predicted molar refractivity (Wildman–Crippen MR) is 144 cm³/mol. The molecule has 0 bridgehead atoms. The number of amides is 1. The Morgan fingerprint density at radius 1 is 1.00 bits per heavy atom. The molecule has 1 heterocycles. The average Bonchev–Trinajstić information content (AvgIpc) is 3.25. The van der Waals surface area contributed by atoms with Crippen LogP contribution in [-0.4, -0.2) is 46.7 Å². The van der Waals surface area contributed by atoms with Crippen LogP contribution in [0.15, 0.2) is 71.1 Å². The maximum Gasteiger partial charge on any atom is 0.326 e. The number of rotatable bonds is 8. The third-order valence-electron chi connectivity index (χ3n) is 5.91. The number of carbonyl (C=O) groups excluding carboxylic acids is 2. The van der Waals surface area contributed by atoms with Crippen LogP contribution in [0.4, 0.5) is 5.69 Å². The van der Waals surface area contributed by atoms with Gasteiger partial charge in [0.25, 0.3) is 5.91 Å². The van der Waals surface area contributed by atoms with Gasteiger partial charge in [-0.15, -0.1) is 0 Å². The number of ether oxygens (including phenoxy) is 1. The molecule has 0 unspecified atom stereocenters. The fraction of sp³-hybridized carbons (Fsp3) is 0.214. The molecule has 0 fully saturated rings. The highest BCUT2D eigenvalue weighted by molar-refractivity contribution is 7.92. The molecule has 3 aromatic carbocycles. The summed E-state index contributed by atoms with van der Waals surface area (Å²) in [6.45, 7) is 3.23. The number of furan rings is 1. The molecule has 9 heteroatoms. The van der Waals surface area contributed by atoms with Gasteiger partial charge in [0.2, 0.25) is 10.0 Å². The molecule has 1 aromatic heterocycles. The molecule has 4 rings (SSSR count). The first-order valence-corrected chi connectivity index (χ1v) is 13.6. The van der Waals surface area contributed by atoms with Crippen LogP contribution >= 0.6 is 0 Å². The van der Waals surface area contributed by atoms with Gasteiger partial charge in [-0.05, 0) is 25.5 Å². The zero-order valence-corrected chi connectivity index (χ0v) is 21.9. The molecule has 4 aromatic rings. The van der Waals surface area contributed by atoms with Gasteiger partial charge in [0.05, 0.1) is 24.1 Å². The minimum atomic E-state index is -3.90. The van der Waals surface area contributed by atoms with Crippen molar-refractivity contribution in [2.24, 2.45) is 0 Å². The second kappa shape index (κ2) is 10.5. The van der Waals surface area contributed by atoms with Crippen molar-refractivity contribution in [2.45, 2.75) is 13.8 Å². The van der Waals surface area contributed by atoms with E-state index in [1.54, 1.807) is 19.1 Å². The van der Waals surface area contributed by atoms with Gasteiger partial charge in [-0.2, -0.15) is 0 Å². The molecule has 0 saturated heterocycles. The van der Waals surface area contributed by atoms with Crippen LogP contribution in [0, 0.1) is 6.92 Å². The molecule has 1 N–H and O–H groups in total. The highest BCUT2D eigenvalue weighted by Gasteiger charge is 2.28. The van der Waals surface area contributed by atoms with Crippen molar-refractivity contribution in [1.29, 1.82) is 0 Å². The van der Waals surface area contributed by atoms with Gasteiger partial charge in [-0.1, -0.05) is 60.2 Å². The lowest BCUT2D eigenvalue weighted by Gasteiger charge is -2.24. The molecule has 0 aliphatic rings. The van der Waals surface area contributed by atoms with E-state index in [1.807, 2.05) is 61.5 Å². The average molecular weight is 521 g/mol. The fourth-order valence-electron chi connectivity index (χ4n) is 4.15. The molecule has 0 aliphatic carbocycles. The highest BCUT2D eigenvalue weighted by atomic mass is 32.2. The Morgan fingerprint density at radius 2 is 1.68 bits per heavy atom. The second-order valence-electron chi connectivity index (χ2n) is 8.56. The van der Waals surface area contributed by atoms with E-state index in [2.05, 4.69) is 5.32 Å². The van der Waals surface area contributed by atoms with Crippen LogP contribution in [0.3, 0.4) is 0 Å². The van der Waals surface area contributed by atoms with E-state index in [0.29, 0.717) is 39.0 Å². The molecular weight excluding hydrogens is 492 g/mol. The van der Waals surface area contributed by atoms with E-state index in [1.165, 1.54) is 7.05 Å². The third kappa shape index (κ3) is 5.36. The second-order valence-corrected chi connectivity index (χ2v) is 10.5. The Hall–Kier alpha value is -4.11. The number of aryl methyl sites for hydroxylation is 1. The molecule has 0 spiro atoms. The maximum absolute atomic E-state index is 13.1. The zero-order valence-electron chi connectivity index (χ0n) is 21.1. The summed E-state index contributed by atoms with van der Waals surface area (Å²) in [6, 6.07) is 20.0. The molecule has 0 aliphatic heterocycles. The maximum atomic E-state index is 13.1. The Bertz CT molecular complexity index is 1560. The van der Waals surface area contributed by atoms with E-state index in [9.17, 15) is 18.0 Å².